The quantitative estimate of drug-likeness (QED) is 0.847. The van der Waals surface area contributed by atoms with Crippen LogP contribution in [0.15, 0.2) is 22.7 Å². The normalized spacial score (nSPS) is 19.9. The number of anilines is 1. The molecule has 0 bridgehead atoms. The maximum absolute atomic E-state index is 5.79. The second kappa shape index (κ2) is 4.23. The van der Waals surface area contributed by atoms with Gasteiger partial charge in [-0.3, -0.25) is 0 Å². The van der Waals surface area contributed by atoms with Gasteiger partial charge in [0.15, 0.2) is 0 Å². The number of nitrogen functional groups attached to an aromatic ring is 1. The van der Waals surface area contributed by atoms with Gasteiger partial charge in [-0.15, -0.1) is 0 Å². The Morgan fingerprint density at radius 1 is 1.35 bits per heavy atom. The van der Waals surface area contributed by atoms with Crippen LogP contribution in [0.3, 0.4) is 0 Å². The fourth-order valence-electron chi connectivity index (χ4n) is 2.34. The van der Waals surface area contributed by atoms with Crippen molar-refractivity contribution in [3.05, 3.63) is 28.4 Å². The van der Waals surface area contributed by atoms with E-state index in [2.05, 4.69) is 37.3 Å². The largest absolute Gasteiger partial charge is 0.368 e. The third-order valence-electron chi connectivity index (χ3n) is 3.11. The summed E-state index contributed by atoms with van der Waals surface area (Å²) < 4.78 is 0.961. The number of hydrogen-bond donors (Lipinski definition) is 2. The molecule has 1 aliphatic heterocycles. The van der Waals surface area contributed by atoms with E-state index >= 15 is 0 Å². The molecule has 0 aliphatic carbocycles. The maximum Gasteiger partial charge on any atom is 0.220 e. The summed E-state index contributed by atoms with van der Waals surface area (Å²) in [5.41, 5.74) is 7.70. The monoisotopic (exact) mass is 292 g/mol. The summed E-state index contributed by atoms with van der Waals surface area (Å²) in [5, 5.41) is 4.53. The lowest BCUT2D eigenvalue weighted by atomic mass is 10.1. The molecule has 2 heterocycles. The fraction of sp³-hybridized carbons (Fsp3) is 0.333. The van der Waals surface area contributed by atoms with Gasteiger partial charge in [0.25, 0.3) is 0 Å². The summed E-state index contributed by atoms with van der Waals surface area (Å²) in [6.07, 6.45) is 2.29. The molecular weight excluding hydrogens is 280 g/mol. The van der Waals surface area contributed by atoms with E-state index in [1.54, 1.807) is 0 Å². The molecule has 1 unspecified atom stereocenters. The fourth-order valence-corrected chi connectivity index (χ4v) is 2.80. The second-order valence-corrected chi connectivity index (χ2v) is 5.11. The summed E-state index contributed by atoms with van der Waals surface area (Å²) in [4.78, 5) is 8.71. The van der Waals surface area contributed by atoms with E-state index in [-0.39, 0.29) is 0 Å². The number of para-hydroxylation sites is 1. The van der Waals surface area contributed by atoms with Crippen molar-refractivity contribution < 1.29 is 0 Å². The molecule has 5 heteroatoms. The number of rotatable bonds is 1. The van der Waals surface area contributed by atoms with Gasteiger partial charge in [-0.25, -0.2) is 9.97 Å². The first kappa shape index (κ1) is 10.9. The molecule has 1 aromatic carbocycles. The molecule has 0 amide bonds. The van der Waals surface area contributed by atoms with Crippen molar-refractivity contribution in [3.63, 3.8) is 0 Å². The molecule has 1 aromatic heterocycles. The van der Waals surface area contributed by atoms with Crippen molar-refractivity contribution in [1.29, 1.82) is 0 Å². The van der Waals surface area contributed by atoms with E-state index in [1.165, 1.54) is 6.42 Å². The SMILES string of the molecule is Nc1nc(C2CCCN2)c2cccc(Br)c2n1. The van der Waals surface area contributed by atoms with E-state index in [9.17, 15) is 0 Å². The Morgan fingerprint density at radius 2 is 2.24 bits per heavy atom. The Hall–Kier alpha value is -1.20. The lowest BCUT2D eigenvalue weighted by Crippen LogP contribution is -2.16. The number of nitrogens with one attached hydrogen (secondary N) is 1. The number of fused-ring (bicyclic) bond motifs is 1. The third kappa shape index (κ3) is 1.89. The van der Waals surface area contributed by atoms with Gasteiger partial charge >= 0.3 is 0 Å². The minimum absolute atomic E-state index is 0.303. The predicted octanol–water partition coefficient (Wildman–Crippen LogP) is 2.40. The van der Waals surface area contributed by atoms with Crippen LogP contribution in [-0.2, 0) is 0 Å². The Morgan fingerprint density at radius 3 is 3.00 bits per heavy atom. The van der Waals surface area contributed by atoms with Gasteiger partial charge in [0.1, 0.15) is 0 Å². The molecular formula is C12H13BrN4. The van der Waals surface area contributed by atoms with E-state index in [4.69, 9.17) is 5.73 Å². The molecule has 1 aliphatic rings. The molecule has 17 heavy (non-hydrogen) atoms. The van der Waals surface area contributed by atoms with Crippen molar-refractivity contribution >= 4 is 32.8 Å². The van der Waals surface area contributed by atoms with E-state index in [0.717, 1.165) is 34.0 Å². The Balaban J connectivity index is 2.25. The van der Waals surface area contributed by atoms with Gasteiger partial charge in [-0.05, 0) is 41.4 Å². The number of benzene rings is 1. The summed E-state index contributed by atoms with van der Waals surface area (Å²) in [5.74, 6) is 0.341. The van der Waals surface area contributed by atoms with Gasteiger partial charge < -0.3 is 11.1 Å². The molecule has 0 saturated carbocycles. The summed E-state index contributed by atoms with van der Waals surface area (Å²) in [6, 6.07) is 6.33. The minimum Gasteiger partial charge on any atom is -0.368 e. The van der Waals surface area contributed by atoms with Gasteiger partial charge in [0.2, 0.25) is 5.95 Å². The zero-order chi connectivity index (χ0) is 11.8. The summed E-state index contributed by atoms with van der Waals surface area (Å²) in [6.45, 7) is 1.05. The number of nitrogens with zero attached hydrogens (tertiary/aromatic N) is 2. The summed E-state index contributed by atoms with van der Waals surface area (Å²) in [7, 11) is 0. The highest BCUT2D eigenvalue weighted by atomic mass is 79.9. The first-order valence-corrected chi connectivity index (χ1v) is 6.50. The zero-order valence-corrected chi connectivity index (χ0v) is 10.9. The lowest BCUT2D eigenvalue weighted by molar-refractivity contribution is 0.633. The number of nitrogens with two attached hydrogens (primary N) is 1. The molecule has 1 atom stereocenters. The molecule has 3 rings (SSSR count). The van der Waals surface area contributed by atoms with Crippen LogP contribution in [-0.4, -0.2) is 16.5 Å². The van der Waals surface area contributed by atoms with Crippen LogP contribution in [0.5, 0.6) is 0 Å². The van der Waals surface area contributed by atoms with Gasteiger partial charge in [-0.1, -0.05) is 12.1 Å². The first-order valence-electron chi connectivity index (χ1n) is 5.71. The van der Waals surface area contributed by atoms with Crippen molar-refractivity contribution in [2.24, 2.45) is 0 Å². The average molecular weight is 293 g/mol. The zero-order valence-electron chi connectivity index (χ0n) is 9.28. The van der Waals surface area contributed by atoms with Crippen LogP contribution in [0.25, 0.3) is 10.9 Å². The lowest BCUT2D eigenvalue weighted by Gasteiger charge is -2.13. The molecule has 2 aromatic rings. The smallest absolute Gasteiger partial charge is 0.220 e. The van der Waals surface area contributed by atoms with Gasteiger partial charge in [-0.2, -0.15) is 0 Å². The van der Waals surface area contributed by atoms with Crippen LogP contribution in [0.2, 0.25) is 0 Å². The molecule has 4 nitrogen and oxygen atoms in total. The van der Waals surface area contributed by atoms with E-state index < -0.39 is 0 Å². The topological polar surface area (TPSA) is 63.8 Å². The maximum atomic E-state index is 5.79. The van der Waals surface area contributed by atoms with Crippen molar-refractivity contribution in [3.8, 4) is 0 Å². The second-order valence-electron chi connectivity index (χ2n) is 4.25. The highest BCUT2D eigenvalue weighted by molar-refractivity contribution is 9.10. The molecule has 88 valence electrons. The van der Waals surface area contributed by atoms with Crippen LogP contribution in [0, 0.1) is 0 Å². The van der Waals surface area contributed by atoms with E-state index in [0.29, 0.717) is 12.0 Å². The average Bonchev–Trinajstić information content (AvgIpc) is 2.83. The Kier molecular flexibility index (Phi) is 2.72. The molecule has 3 N–H and O–H groups in total. The van der Waals surface area contributed by atoms with Crippen molar-refractivity contribution in [1.82, 2.24) is 15.3 Å². The Labute approximate surface area is 108 Å². The highest BCUT2D eigenvalue weighted by Crippen LogP contribution is 2.31. The van der Waals surface area contributed by atoms with Crippen LogP contribution >= 0.6 is 15.9 Å². The first-order chi connectivity index (χ1) is 8.25. The molecule has 1 saturated heterocycles. The number of aromatic nitrogens is 2. The standard InChI is InChI=1S/C12H13BrN4/c13-8-4-1-3-7-10(8)16-12(14)17-11(7)9-5-2-6-15-9/h1,3-4,9,15H,2,5-6H2,(H2,14,16,17). The highest BCUT2D eigenvalue weighted by Gasteiger charge is 2.21. The minimum atomic E-state index is 0.303. The van der Waals surface area contributed by atoms with Gasteiger partial charge in [0, 0.05) is 9.86 Å². The number of halogens is 1. The number of hydrogen-bond acceptors (Lipinski definition) is 4. The van der Waals surface area contributed by atoms with Gasteiger partial charge in [0.05, 0.1) is 17.3 Å². The van der Waals surface area contributed by atoms with Crippen LogP contribution in [0.1, 0.15) is 24.6 Å². The Bertz CT molecular complexity index is 564. The third-order valence-corrected chi connectivity index (χ3v) is 3.75. The molecule has 0 radical (unpaired) electrons. The van der Waals surface area contributed by atoms with Crippen LogP contribution < -0.4 is 11.1 Å². The van der Waals surface area contributed by atoms with Crippen LogP contribution in [0.4, 0.5) is 5.95 Å². The van der Waals surface area contributed by atoms with Crippen molar-refractivity contribution in [2.45, 2.75) is 18.9 Å². The predicted molar refractivity (Wildman–Crippen MR) is 71.6 cm³/mol. The van der Waals surface area contributed by atoms with E-state index in [1.807, 2.05) is 12.1 Å². The summed E-state index contributed by atoms with van der Waals surface area (Å²) >= 11 is 3.51. The molecule has 1 fully saturated rings. The molecule has 0 spiro atoms. The van der Waals surface area contributed by atoms with Crippen molar-refractivity contribution in [2.75, 3.05) is 12.3 Å².